The van der Waals surface area contributed by atoms with Crippen molar-refractivity contribution in [2.75, 3.05) is 20.3 Å². The lowest BCUT2D eigenvalue weighted by atomic mass is 9.90. The van der Waals surface area contributed by atoms with Gasteiger partial charge in [-0.05, 0) is 6.92 Å². The second-order valence-electron chi connectivity index (χ2n) is 2.55. The van der Waals surface area contributed by atoms with Crippen molar-refractivity contribution in [1.82, 2.24) is 5.32 Å². The van der Waals surface area contributed by atoms with Gasteiger partial charge in [0, 0.05) is 13.1 Å². The summed E-state index contributed by atoms with van der Waals surface area (Å²) in [5.74, 6) is 3.06. The lowest BCUT2D eigenvalue weighted by Gasteiger charge is -2.32. The molecule has 1 aliphatic heterocycles. The lowest BCUT2D eigenvalue weighted by molar-refractivity contribution is -0.0648. The van der Waals surface area contributed by atoms with Crippen LogP contribution in [0, 0.1) is 17.4 Å². The van der Waals surface area contributed by atoms with E-state index < -0.39 is 0 Å². The fraction of sp³-hybridized carbons (Fsp3) is 0.714. The first-order valence-corrected chi connectivity index (χ1v) is 3.03. The monoisotopic (exact) mass is 125 g/mol. The quantitative estimate of drug-likeness (QED) is 0.369. The first-order valence-electron chi connectivity index (χ1n) is 3.03. The molecule has 1 rings (SSSR count). The maximum atomic E-state index is 5.00. The number of nitrogens with one attached hydrogen (secondary N) is 1. The van der Waals surface area contributed by atoms with Crippen molar-refractivity contribution in [3.63, 3.8) is 0 Å². The smallest absolute Gasteiger partial charge is 0.0770 e. The zero-order chi connectivity index (χ0) is 6.74. The highest BCUT2D eigenvalue weighted by atomic mass is 16.5. The summed E-state index contributed by atoms with van der Waals surface area (Å²) in [6, 6.07) is 2.81. The van der Waals surface area contributed by atoms with Gasteiger partial charge in [0.1, 0.15) is 0 Å². The SMILES string of the molecule is CNC#CC1(C)COC1. The van der Waals surface area contributed by atoms with Gasteiger partial charge in [-0.3, -0.25) is 0 Å². The molecule has 0 aromatic heterocycles. The Balaban J connectivity index is 2.41. The number of rotatable bonds is 0. The molecular formula is C7H11NO. The zero-order valence-electron chi connectivity index (χ0n) is 5.82. The summed E-state index contributed by atoms with van der Waals surface area (Å²) >= 11 is 0. The molecule has 0 bridgehead atoms. The second kappa shape index (κ2) is 2.28. The minimum atomic E-state index is 0.128. The van der Waals surface area contributed by atoms with Crippen molar-refractivity contribution in [2.45, 2.75) is 6.92 Å². The molecular weight excluding hydrogens is 114 g/mol. The van der Waals surface area contributed by atoms with Gasteiger partial charge in [-0.2, -0.15) is 0 Å². The van der Waals surface area contributed by atoms with Crippen LogP contribution in [0.15, 0.2) is 0 Å². The van der Waals surface area contributed by atoms with Crippen molar-refractivity contribution in [2.24, 2.45) is 5.41 Å². The molecule has 0 aromatic carbocycles. The molecule has 0 atom stereocenters. The first kappa shape index (κ1) is 6.44. The third kappa shape index (κ3) is 1.36. The van der Waals surface area contributed by atoms with Crippen molar-refractivity contribution >= 4 is 0 Å². The number of ether oxygens (including phenoxy) is 1. The van der Waals surface area contributed by atoms with E-state index in [1.54, 1.807) is 0 Å². The van der Waals surface area contributed by atoms with E-state index in [0.717, 1.165) is 13.2 Å². The topological polar surface area (TPSA) is 21.3 Å². The summed E-state index contributed by atoms with van der Waals surface area (Å²) in [6.07, 6.45) is 0. The van der Waals surface area contributed by atoms with Crippen molar-refractivity contribution in [3.8, 4) is 12.0 Å². The molecule has 0 aliphatic carbocycles. The Hall–Kier alpha value is -0.680. The molecule has 0 saturated carbocycles. The van der Waals surface area contributed by atoms with Gasteiger partial charge < -0.3 is 10.1 Å². The van der Waals surface area contributed by atoms with Gasteiger partial charge in [-0.15, -0.1) is 0 Å². The average Bonchev–Trinajstić information content (AvgIpc) is 1.79. The minimum absolute atomic E-state index is 0.128. The van der Waals surface area contributed by atoms with Crippen LogP contribution in [0.5, 0.6) is 0 Å². The molecule has 2 nitrogen and oxygen atoms in total. The Bertz CT molecular complexity index is 150. The van der Waals surface area contributed by atoms with Crippen LogP contribution in [0.3, 0.4) is 0 Å². The van der Waals surface area contributed by atoms with Gasteiger partial charge in [0.15, 0.2) is 0 Å². The summed E-state index contributed by atoms with van der Waals surface area (Å²) in [5.41, 5.74) is 0.128. The molecule has 1 aliphatic rings. The highest BCUT2D eigenvalue weighted by molar-refractivity contribution is 5.11. The predicted octanol–water partition coefficient (Wildman–Crippen LogP) is 0.203. The maximum Gasteiger partial charge on any atom is 0.0770 e. The molecule has 9 heavy (non-hydrogen) atoms. The van der Waals surface area contributed by atoms with Gasteiger partial charge in [0.2, 0.25) is 0 Å². The van der Waals surface area contributed by atoms with Gasteiger partial charge >= 0.3 is 0 Å². The van der Waals surface area contributed by atoms with E-state index in [0.29, 0.717) is 0 Å². The van der Waals surface area contributed by atoms with Gasteiger partial charge in [0.25, 0.3) is 0 Å². The molecule has 1 saturated heterocycles. The van der Waals surface area contributed by atoms with Crippen LogP contribution >= 0.6 is 0 Å². The highest BCUT2D eigenvalue weighted by Crippen LogP contribution is 2.24. The standard InChI is InChI=1S/C7H11NO/c1-7(3-4-8-2)5-9-6-7/h8H,5-6H2,1-2H3. The average molecular weight is 125 g/mol. The summed E-state index contributed by atoms with van der Waals surface area (Å²) in [4.78, 5) is 0. The van der Waals surface area contributed by atoms with Crippen LogP contribution in [-0.4, -0.2) is 20.3 Å². The third-order valence-corrected chi connectivity index (χ3v) is 1.33. The summed E-state index contributed by atoms with van der Waals surface area (Å²) in [7, 11) is 1.82. The fourth-order valence-corrected chi connectivity index (χ4v) is 0.694. The van der Waals surface area contributed by atoms with Crippen LogP contribution in [0.4, 0.5) is 0 Å². The lowest BCUT2D eigenvalue weighted by Crippen LogP contribution is -2.38. The van der Waals surface area contributed by atoms with E-state index >= 15 is 0 Å². The predicted molar refractivity (Wildman–Crippen MR) is 35.8 cm³/mol. The normalized spacial score (nSPS) is 21.1. The van der Waals surface area contributed by atoms with Crippen LogP contribution in [0.25, 0.3) is 0 Å². The molecule has 2 heteroatoms. The minimum Gasteiger partial charge on any atom is -0.378 e. The van der Waals surface area contributed by atoms with Crippen molar-refractivity contribution < 1.29 is 4.74 Å². The van der Waals surface area contributed by atoms with Crippen molar-refractivity contribution in [1.29, 1.82) is 0 Å². The van der Waals surface area contributed by atoms with Crippen molar-refractivity contribution in [3.05, 3.63) is 0 Å². The highest BCUT2D eigenvalue weighted by Gasteiger charge is 2.30. The molecule has 50 valence electrons. The van der Waals surface area contributed by atoms with E-state index in [-0.39, 0.29) is 5.41 Å². The molecule has 0 amide bonds. The zero-order valence-corrected chi connectivity index (χ0v) is 5.82. The first-order chi connectivity index (χ1) is 4.27. The largest absolute Gasteiger partial charge is 0.378 e. The molecule has 1 heterocycles. The van der Waals surface area contributed by atoms with E-state index in [2.05, 4.69) is 24.2 Å². The van der Waals surface area contributed by atoms with Gasteiger partial charge in [0.05, 0.1) is 18.6 Å². The summed E-state index contributed by atoms with van der Waals surface area (Å²) < 4.78 is 5.00. The van der Waals surface area contributed by atoms with Gasteiger partial charge in [-0.25, -0.2) is 0 Å². The Kier molecular flexibility index (Phi) is 1.63. The molecule has 0 radical (unpaired) electrons. The second-order valence-corrected chi connectivity index (χ2v) is 2.55. The van der Waals surface area contributed by atoms with Crippen LogP contribution in [-0.2, 0) is 4.74 Å². The van der Waals surface area contributed by atoms with Crippen LogP contribution in [0.1, 0.15) is 6.92 Å². The molecule has 0 spiro atoms. The van der Waals surface area contributed by atoms with E-state index in [1.807, 2.05) is 7.05 Å². The Morgan fingerprint density at radius 2 is 2.22 bits per heavy atom. The van der Waals surface area contributed by atoms with Crippen LogP contribution < -0.4 is 5.32 Å². The third-order valence-electron chi connectivity index (χ3n) is 1.33. The van der Waals surface area contributed by atoms with E-state index in [9.17, 15) is 0 Å². The molecule has 0 unspecified atom stereocenters. The number of hydrogen-bond acceptors (Lipinski definition) is 2. The Morgan fingerprint density at radius 3 is 2.56 bits per heavy atom. The molecule has 1 N–H and O–H groups in total. The Labute approximate surface area is 55.6 Å². The van der Waals surface area contributed by atoms with E-state index in [1.165, 1.54) is 0 Å². The molecule has 1 fully saturated rings. The maximum absolute atomic E-state index is 5.00. The number of hydrogen-bond donors (Lipinski definition) is 1. The summed E-state index contributed by atoms with van der Waals surface area (Å²) in [5, 5.41) is 2.78. The Morgan fingerprint density at radius 1 is 1.56 bits per heavy atom. The fourth-order valence-electron chi connectivity index (χ4n) is 0.694. The van der Waals surface area contributed by atoms with Crippen LogP contribution in [0.2, 0.25) is 0 Å². The van der Waals surface area contributed by atoms with Gasteiger partial charge in [-0.1, -0.05) is 5.92 Å². The van der Waals surface area contributed by atoms with E-state index in [4.69, 9.17) is 4.74 Å². The molecule has 0 aromatic rings. The summed E-state index contributed by atoms with van der Waals surface area (Å²) in [6.45, 7) is 3.66.